The van der Waals surface area contributed by atoms with Gasteiger partial charge in [0.25, 0.3) is 0 Å². The number of hydrogen-bond acceptors (Lipinski definition) is 3. The quantitative estimate of drug-likeness (QED) is 0.898. The largest absolute Gasteiger partial charge is 0.478 e. The van der Waals surface area contributed by atoms with Crippen molar-refractivity contribution in [3.63, 3.8) is 0 Å². The van der Waals surface area contributed by atoms with Crippen molar-refractivity contribution < 1.29 is 14.3 Å². The Morgan fingerprint density at radius 1 is 1.24 bits per heavy atom. The van der Waals surface area contributed by atoms with Gasteiger partial charge in [-0.25, -0.2) is 4.79 Å². The Morgan fingerprint density at radius 2 is 2.00 bits per heavy atom. The number of carboxylic acids is 1. The van der Waals surface area contributed by atoms with Gasteiger partial charge in [-0.05, 0) is 37.6 Å². The summed E-state index contributed by atoms with van der Waals surface area (Å²) in [5.74, 6) is -0.110. The normalized spacial score (nSPS) is 10.5. The first-order chi connectivity index (χ1) is 8.08. The van der Waals surface area contributed by atoms with Crippen LogP contribution in [0.5, 0.6) is 0 Å². The Kier molecular flexibility index (Phi) is 3.24. The lowest BCUT2D eigenvalue weighted by Gasteiger charge is -2.06. The van der Waals surface area contributed by atoms with Gasteiger partial charge in [-0.15, -0.1) is 0 Å². The van der Waals surface area contributed by atoms with E-state index in [0.29, 0.717) is 5.56 Å². The number of furan rings is 1. The molecule has 0 radical (unpaired) electrons. The highest BCUT2D eigenvalue weighted by Gasteiger charge is 2.13. The molecular formula is C13H12O3S. The molecule has 4 heteroatoms. The molecule has 17 heavy (non-hydrogen) atoms. The van der Waals surface area contributed by atoms with Gasteiger partial charge in [0.15, 0.2) is 0 Å². The molecule has 2 rings (SSSR count). The molecule has 1 aromatic heterocycles. The molecule has 0 aliphatic carbocycles. The van der Waals surface area contributed by atoms with E-state index in [-0.39, 0.29) is 0 Å². The number of hydrogen-bond donors (Lipinski definition) is 1. The van der Waals surface area contributed by atoms with Crippen molar-refractivity contribution >= 4 is 17.7 Å². The van der Waals surface area contributed by atoms with Crippen LogP contribution in [0.4, 0.5) is 0 Å². The van der Waals surface area contributed by atoms with Gasteiger partial charge in [-0.2, -0.15) is 0 Å². The summed E-state index contributed by atoms with van der Waals surface area (Å²) in [5.41, 5.74) is 1.36. The summed E-state index contributed by atoms with van der Waals surface area (Å²) in [7, 11) is 0. The van der Waals surface area contributed by atoms with Gasteiger partial charge >= 0.3 is 5.97 Å². The van der Waals surface area contributed by atoms with E-state index < -0.39 is 5.97 Å². The third-order valence-corrected chi connectivity index (χ3v) is 3.60. The summed E-state index contributed by atoms with van der Waals surface area (Å²) in [4.78, 5) is 12.8. The Morgan fingerprint density at radius 3 is 2.59 bits per heavy atom. The molecule has 88 valence electrons. The molecule has 1 N–H and O–H groups in total. The second kappa shape index (κ2) is 4.67. The van der Waals surface area contributed by atoms with Crippen LogP contribution in [0.15, 0.2) is 44.7 Å². The van der Waals surface area contributed by atoms with Crippen molar-refractivity contribution in [3.8, 4) is 0 Å². The van der Waals surface area contributed by atoms with E-state index in [0.717, 1.165) is 21.1 Å². The molecule has 0 amide bonds. The third-order valence-electron chi connectivity index (χ3n) is 2.40. The molecule has 0 aliphatic rings. The van der Waals surface area contributed by atoms with E-state index in [1.54, 1.807) is 18.4 Å². The molecule has 1 heterocycles. The lowest BCUT2D eigenvalue weighted by Crippen LogP contribution is -1.98. The molecule has 2 aromatic rings. The Hall–Kier alpha value is -1.68. The maximum absolute atomic E-state index is 11.1. The third kappa shape index (κ3) is 2.53. The standard InChI is InChI=1S/C13H12O3S/c1-8-3-4-10(13(14)15)12(7-8)17-11-5-6-16-9(11)2/h3-7H,1-2H3,(H,14,15). The van der Waals surface area contributed by atoms with Gasteiger partial charge in [0.2, 0.25) is 0 Å². The Labute approximate surface area is 103 Å². The maximum atomic E-state index is 11.1. The van der Waals surface area contributed by atoms with Gasteiger partial charge in [-0.1, -0.05) is 17.8 Å². The molecule has 0 saturated carbocycles. The van der Waals surface area contributed by atoms with Crippen molar-refractivity contribution in [2.24, 2.45) is 0 Å². The van der Waals surface area contributed by atoms with E-state index in [1.165, 1.54) is 11.8 Å². The first-order valence-corrected chi connectivity index (χ1v) is 5.95. The molecule has 0 saturated heterocycles. The van der Waals surface area contributed by atoms with E-state index in [2.05, 4.69) is 0 Å². The van der Waals surface area contributed by atoms with Crippen LogP contribution < -0.4 is 0 Å². The van der Waals surface area contributed by atoms with Crippen LogP contribution in [0, 0.1) is 13.8 Å². The fraction of sp³-hybridized carbons (Fsp3) is 0.154. The summed E-state index contributed by atoms with van der Waals surface area (Å²) < 4.78 is 5.20. The van der Waals surface area contributed by atoms with Crippen LogP contribution >= 0.6 is 11.8 Å². The zero-order valence-electron chi connectivity index (χ0n) is 9.56. The summed E-state index contributed by atoms with van der Waals surface area (Å²) in [5, 5.41) is 9.12. The number of benzene rings is 1. The molecule has 0 bridgehead atoms. The average Bonchev–Trinajstić information content (AvgIpc) is 2.64. The predicted octanol–water partition coefficient (Wildman–Crippen LogP) is 3.75. The minimum atomic E-state index is -0.909. The SMILES string of the molecule is Cc1ccc(C(=O)O)c(Sc2ccoc2C)c1. The summed E-state index contributed by atoms with van der Waals surface area (Å²) in [6, 6.07) is 7.15. The van der Waals surface area contributed by atoms with Crippen molar-refractivity contribution in [2.75, 3.05) is 0 Å². The Balaban J connectivity index is 2.41. The van der Waals surface area contributed by atoms with Gasteiger partial charge in [0.1, 0.15) is 5.76 Å². The van der Waals surface area contributed by atoms with Crippen molar-refractivity contribution in [1.82, 2.24) is 0 Å². The first-order valence-electron chi connectivity index (χ1n) is 5.14. The monoisotopic (exact) mass is 248 g/mol. The van der Waals surface area contributed by atoms with Crippen LogP contribution in [-0.2, 0) is 0 Å². The van der Waals surface area contributed by atoms with Crippen LogP contribution in [0.3, 0.4) is 0 Å². The fourth-order valence-electron chi connectivity index (χ4n) is 1.49. The van der Waals surface area contributed by atoms with Crippen LogP contribution in [0.1, 0.15) is 21.7 Å². The number of rotatable bonds is 3. The van der Waals surface area contributed by atoms with Gasteiger partial charge < -0.3 is 9.52 Å². The minimum Gasteiger partial charge on any atom is -0.478 e. The highest BCUT2D eigenvalue weighted by Crippen LogP contribution is 2.33. The molecule has 0 spiro atoms. The summed E-state index contributed by atoms with van der Waals surface area (Å²) in [6.45, 7) is 3.80. The van der Waals surface area contributed by atoms with Crippen LogP contribution in [0.25, 0.3) is 0 Å². The van der Waals surface area contributed by atoms with Crippen LogP contribution in [-0.4, -0.2) is 11.1 Å². The highest BCUT2D eigenvalue weighted by molar-refractivity contribution is 7.99. The summed E-state index contributed by atoms with van der Waals surface area (Å²) >= 11 is 1.42. The van der Waals surface area contributed by atoms with E-state index in [4.69, 9.17) is 9.52 Å². The second-order valence-electron chi connectivity index (χ2n) is 3.75. The molecule has 0 unspecified atom stereocenters. The molecule has 1 aromatic carbocycles. The fourth-order valence-corrected chi connectivity index (χ4v) is 2.55. The van der Waals surface area contributed by atoms with Gasteiger partial charge in [-0.3, -0.25) is 0 Å². The zero-order chi connectivity index (χ0) is 12.4. The van der Waals surface area contributed by atoms with E-state index in [9.17, 15) is 4.79 Å². The van der Waals surface area contributed by atoms with Gasteiger partial charge in [0.05, 0.1) is 16.7 Å². The topological polar surface area (TPSA) is 50.4 Å². The molecule has 3 nitrogen and oxygen atoms in total. The molecule has 0 fully saturated rings. The highest BCUT2D eigenvalue weighted by atomic mass is 32.2. The minimum absolute atomic E-state index is 0.321. The molecular weight excluding hydrogens is 236 g/mol. The first kappa shape index (κ1) is 11.8. The maximum Gasteiger partial charge on any atom is 0.336 e. The summed E-state index contributed by atoms with van der Waals surface area (Å²) in [6.07, 6.45) is 1.61. The lowest BCUT2D eigenvalue weighted by molar-refractivity contribution is 0.0693. The predicted molar refractivity (Wildman–Crippen MR) is 65.7 cm³/mol. The number of aromatic carboxylic acids is 1. The smallest absolute Gasteiger partial charge is 0.336 e. The number of carboxylic acid groups (broad SMARTS) is 1. The lowest BCUT2D eigenvalue weighted by atomic mass is 10.1. The van der Waals surface area contributed by atoms with E-state index in [1.807, 2.05) is 26.0 Å². The van der Waals surface area contributed by atoms with Crippen molar-refractivity contribution in [1.29, 1.82) is 0 Å². The number of aryl methyl sites for hydroxylation is 2. The van der Waals surface area contributed by atoms with E-state index >= 15 is 0 Å². The second-order valence-corrected chi connectivity index (χ2v) is 4.83. The Bertz CT molecular complexity index is 558. The average molecular weight is 248 g/mol. The van der Waals surface area contributed by atoms with Crippen molar-refractivity contribution in [2.45, 2.75) is 23.6 Å². The number of carbonyl (C=O) groups is 1. The molecule has 0 atom stereocenters. The van der Waals surface area contributed by atoms with Crippen molar-refractivity contribution in [3.05, 3.63) is 47.4 Å². The van der Waals surface area contributed by atoms with Crippen LogP contribution in [0.2, 0.25) is 0 Å². The van der Waals surface area contributed by atoms with Gasteiger partial charge in [0, 0.05) is 4.90 Å². The molecule has 0 aliphatic heterocycles. The zero-order valence-corrected chi connectivity index (χ0v) is 10.4.